The Hall–Kier alpha value is -1.91. The number of Topliss-reactive ketones (excluding diaryl/α,β-unsaturated/α-hetero) is 1. The number of furan rings is 1. The van der Waals surface area contributed by atoms with Gasteiger partial charge < -0.3 is 13.9 Å². The van der Waals surface area contributed by atoms with Gasteiger partial charge in [0.05, 0.1) is 13.5 Å². The molecule has 0 bridgehead atoms. The molecule has 0 radical (unpaired) electrons. The summed E-state index contributed by atoms with van der Waals surface area (Å²) in [5.74, 6) is 0.847. The standard InChI is InChI=1S/C6H10O3.C6H6O2/c1-5(7)3-4-6(8)9-2;1-5-2-3-6(4-7)8-5/h3-4H2,1-2H3;2-4H,1H3. The Morgan fingerprint density at radius 3 is 2.29 bits per heavy atom. The summed E-state index contributed by atoms with van der Waals surface area (Å²) in [7, 11) is 1.31. The van der Waals surface area contributed by atoms with Gasteiger partial charge in [-0.3, -0.25) is 9.59 Å². The quantitative estimate of drug-likeness (QED) is 0.593. The smallest absolute Gasteiger partial charge is 0.305 e. The first kappa shape index (κ1) is 15.1. The molecule has 0 aromatic carbocycles. The highest BCUT2D eigenvalue weighted by Gasteiger charge is 2.00. The van der Waals surface area contributed by atoms with Gasteiger partial charge in [-0.05, 0) is 26.0 Å². The van der Waals surface area contributed by atoms with Crippen LogP contribution in [0.2, 0.25) is 0 Å². The van der Waals surface area contributed by atoms with Crippen LogP contribution in [-0.2, 0) is 14.3 Å². The molecule has 0 saturated heterocycles. The molecule has 0 unspecified atom stereocenters. The normalized spacial score (nSPS) is 8.88. The molecule has 1 aromatic rings. The molecule has 1 rings (SSSR count). The first-order valence-corrected chi connectivity index (χ1v) is 5.07. The van der Waals surface area contributed by atoms with Gasteiger partial charge in [-0.1, -0.05) is 0 Å². The van der Waals surface area contributed by atoms with E-state index in [1.165, 1.54) is 14.0 Å². The van der Waals surface area contributed by atoms with Crippen molar-refractivity contribution in [1.29, 1.82) is 0 Å². The van der Waals surface area contributed by atoms with Crippen molar-refractivity contribution in [3.05, 3.63) is 23.7 Å². The van der Waals surface area contributed by atoms with E-state index < -0.39 is 0 Å². The van der Waals surface area contributed by atoms with Gasteiger partial charge in [0.15, 0.2) is 12.0 Å². The summed E-state index contributed by atoms with van der Waals surface area (Å²) in [5.41, 5.74) is 0. The SMILES string of the molecule is COC(=O)CCC(C)=O.Cc1ccc(C=O)o1. The van der Waals surface area contributed by atoms with Crippen LogP contribution in [0.4, 0.5) is 0 Å². The van der Waals surface area contributed by atoms with Crippen LogP contribution in [0.1, 0.15) is 36.1 Å². The summed E-state index contributed by atoms with van der Waals surface area (Å²) in [6.07, 6.45) is 1.17. The molecule has 0 atom stereocenters. The van der Waals surface area contributed by atoms with Crippen molar-refractivity contribution in [1.82, 2.24) is 0 Å². The van der Waals surface area contributed by atoms with E-state index in [9.17, 15) is 14.4 Å². The topological polar surface area (TPSA) is 73.6 Å². The van der Waals surface area contributed by atoms with Gasteiger partial charge in [-0.15, -0.1) is 0 Å². The van der Waals surface area contributed by atoms with Crippen LogP contribution in [0.25, 0.3) is 0 Å². The number of aldehydes is 1. The highest BCUT2D eigenvalue weighted by atomic mass is 16.5. The number of aryl methyl sites for hydroxylation is 1. The van der Waals surface area contributed by atoms with Crippen molar-refractivity contribution < 1.29 is 23.5 Å². The van der Waals surface area contributed by atoms with Gasteiger partial charge in [0.25, 0.3) is 0 Å². The second-order valence-electron chi connectivity index (χ2n) is 3.34. The number of hydrogen-bond acceptors (Lipinski definition) is 5. The van der Waals surface area contributed by atoms with Gasteiger partial charge in [-0.25, -0.2) is 0 Å². The van der Waals surface area contributed by atoms with Crippen LogP contribution in [-0.4, -0.2) is 25.1 Å². The largest absolute Gasteiger partial charge is 0.469 e. The van der Waals surface area contributed by atoms with Gasteiger partial charge in [0.2, 0.25) is 0 Å². The van der Waals surface area contributed by atoms with E-state index in [4.69, 9.17) is 4.42 Å². The number of rotatable bonds is 4. The summed E-state index contributed by atoms with van der Waals surface area (Å²) < 4.78 is 9.17. The van der Waals surface area contributed by atoms with Gasteiger partial charge in [0, 0.05) is 6.42 Å². The zero-order chi connectivity index (χ0) is 13.3. The summed E-state index contributed by atoms with van der Waals surface area (Å²) >= 11 is 0. The van der Waals surface area contributed by atoms with Crippen LogP contribution in [0, 0.1) is 6.92 Å². The number of methoxy groups -OCH3 is 1. The molecule has 17 heavy (non-hydrogen) atoms. The highest BCUT2D eigenvalue weighted by molar-refractivity contribution is 5.80. The van der Waals surface area contributed by atoms with Crippen molar-refractivity contribution in [2.45, 2.75) is 26.7 Å². The molecule has 94 valence electrons. The van der Waals surface area contributed by atoms with Crippen molar-refractivity contribution in [2.75, 3.05) is 7.11 Å². The third-order valence-corrected chi connectivity index (χ3v) is 1.79. The van der Waals surface area contributed by atoms with E-state index in [0.717, 1.165) is 5.76 Å². The maximum absolute atomic E-state index is 10.3. The number of carbonyl (C=O) groups excluding carboxylic acids is 3. The molecule has 0 aliphatic heterocycles. The lowest BCUT2D eigenvalue weighted by Gasteiger charge is -1.93. The molecule has 0 fully saturated rings. The molecule has 0 N–H and O–H groups in total. The second-order valence-corrected chi connectivity index (χ2v) is 3.34. The Labute approximate surface area is 99.7 Å². The highest BCUT2D eigenvalue weighted by Crippen LogP contribution is 2.01. The lowest BCUT2D eigenvalue weighted by atomic mass is 10.2. The summed E-state index contributed by atoms with van der Waals surface area (Å²) in [6, 6.07) is 3.39. The van der Waals surface area contributed by atoms with Crippen LogP contribution in [0.5, 0.6) is 0 Å². The maximum atomic E-state index is 10.3. The van der Waals surface area contributed by atoms with E-state index in [1.807, 2.05) is 0 Å². The molecule has 5 nitrogen and oxygen atoms in total. The fourth-order valence-electron chi connectivity index (χ4n) is 0.897. The predicted octanol–water partition coefficient (Wildman–Crippen LogP) is 1.93. The Morgan fingerprint density at radius 2 is 2.00 bits per heavy atom. The number of esters is 1. The molecular weight excluding hydrogens is 224 g/mol. The Morgan fingerprint density at radius 1 is 1.35 bits per heavy atom. The van der Waals surface area contributed by atoms with Crippen molar-refractivity contribution in [3.63, 3.8) is 0 Å². The maximum Gasteiger partial charge on any atom is 0.305 e. The van der Waals surface area contributed by atoms with Crippen molar-refractivity contribution in [3.8, 4) is 0 Å². The lowest BCUT2D eigenvalue weighted by Crippen LogP contribution is -2.02. The van der Waals surface area contributed by atoms with Crippen LogP contribution in [0.15, 0.2) is 16.5 Å². The summed E-state index contributed by atoms with van der Waals surface area (Å²) in [4.78, 5) is 30.5. The van der Waals surface area contributed by atoms with E-state index in [2.05, 4.69) is 4.74 Å². The van der Waals surface area contributed by atoms with Crippen LogP contribution < -0.4 is 0 Å². The summed E-state index contributed by atoms with van der Waals surface area (Å²) in [5, 5.41) is 0. The molecule has 0 saturated carbocycles. The molecule has 1 aromatic heterocycles. The number of carbonyl (C=O) groups is 3. The minimum absolute atomic E-state index is 0.0143. The molecule has 0 spiro atoms. The van der Waals surface area contributed by atoms with Crippen LogP contribution in [0.3, 0.4) is 0 Å². The van der Waals surface area contributed by atoms with E-state index in [1.54, 1.807) is 19.1 Å². The Bertz CT molecular complexity index is 378. The predicted molar refractivity (Wildman–Crippen MR) is 60.8 cm³/mol. The zero-order valence-electron chi connectivity index (χ0n) is 10.2. The van der Waals surface area contributed by atoms with Gasteiger partial charge in [-0.2, -0.15) is 0 Å². The van der Waals surface area contributed by atoms with Crippen molar-refractivity contribution >= 4 is 18.0 Å². The summed E-state index contributed by atoms with van der Waals surface area (Å²) in [6.45, 7) is 3.25. The molecule has 0 aliphatic carbocycles. The molecular formula is C12H16O5. The van der Waals surface area contributed by atoms with Gasteiger partial charge >= 0.3 is 5.97 Å². The number of hydrogen-bond donors (Lipinski definition) is 0. The van der Waals surface area contributed by atoms with Crippen molar-refractivity contribution in [2.24, 2.45) is 0 Å². The monoisotopic (exact) mass is 240 g/mol. The zero-order valence-corrected chi connectivity index (χ0v) is 10.2. The molecule has 1 heterocycles. The Kier molecular flexibility index (Phi) is 7.34. The number of ether oxygens (including phenoxy) is 1. The molecule has 0 amide bonds. The minimum atomic E-state index is -0.329. The fraction of sp³-hybridized carbons (Fsp3) is 0.417. The van der Waals surface area contributed by atoms with E-state index >= 15 is 0 Å². The Balaban J connectivity index is 0.000000302. The average Bonchev–Trinajstić information content (AvgIpc) is 2.72. The van der Waals surface area contributed by atoms with E-state index in [0.29, 0.717) is 12.0 Å². The second kappa shape index (κ2) is 8.27. The first-order valence-electron chi connectivity index (χ1n) is 5.07. The fourth-order valence-corrected chi connectivity index (χ4v) is 0.897. The number of ketones is 1. The minimum Gasteiger partial charge on any atom is -0.469 e. The first-order chi connectivity index (χ1) is 7.99. The van der Waals surface area contributed by atoms with E-state index in [-0.39, 0.29) is 24.6 Å². The average molecular weight is 240 g/mol. The third-order valence-electron chi connectivity index (χ3n) is 1.79. The van der Waals surface area contributed by atoms with Crippen LogP contribution >= 0.6 is 0 Å². The van der Waals surface area contributed by atoms with Gasteiger partial charge in [0.1, 0.15) is 11.5 Å². The lowest BCUT2D eigenvalue weighted by molar-refractivity contribution is -0.141. The third kappa shape index (κ3) is 7.96. The molecule has 5 heteroatoms. The molecule has 0 aliphatic rings.